The number of hydrogen-bond acceptors (Lipinski definition) is 14. The molecule has 6 aromatic carbocycles. The average Bonchev–Trinajstić information content (AvgIpc) is 3.38. The molecule has 0 aliphatic carbocycles. The van der Waals surface area contributed by atoms with Crippen molar-refractivity contribution in [3.8, 4) is 28.7 Å². The summed E-state index contributed by atoms with van der Waals surface area (Å²) in [4.78, 5) is 63.0. The molecule has 0 saturated heterocycles. The summed E-state index contributed by atoms with van der Waals surface area (Å²) in [6.45, 7) is 13.5. The highest BCUT2D eigenvalue weighted by Gasteiger charge is 2.23. The van der Waals surface area contributed by atoms with E-state index in [1.165, 1.54) is 25.3 Å². The molecule has 0 unspecified atom stereocenters. The number of unbranched alkanes of at least 4 members (excludes halogenated alkanes) is 6. The lowest BCUT2D eigenvalue weighted by molar-refractivity contribution is -0.138. The second-order valence-electron chi connectivity index (χ2n) is 16.2. The van der Waals surface area contributed by atoms with Crippen molar-refractivity contribution in [2.45, 2.75) is 58.3 Å². The van der Waals surface area contributed by atoms with Gasteiger partial charge in [-0.25, -0.2) is 24.0 Å². The van der Waals surface area contributed by atoms with Crippen LogP contribution in [0.25, 0.3) is 21.5 Å². The van der Waals surface area contributed by atoms with E-state index in [0.29, 0.717) is 43.6 Å². The maximum atomic E-state index is 13.9. The summed E-state index contributed by atoms with van der Waals surface area (Å²) in [6.07, 6.45) is 10.2. The van der Waals surface area contributed by atoms with Crippen molar-refractivity contribution in [3.05, 3.63) is 169 Å². The Labute approximate surface area is 412 Å². The molecular weight excluding hydrogens is 905 g/mol. The molecule has 0 aliphatic rings. The lowest BCUT2D eigenvalue weighted by Crippen LogP contribution is -2.15. The number of fused-ring (bicyclic) bond motifs is 3. The van der Waals surface area contributed by atoms with Gasteiger partial charge in [0.15, 0.2) is 11.5 Å². The molecule has 71 heavy (non-hydrogen) atoms. The van der Waals surface area contributed by atoms with Crippen molar-refractivity contribution in [3.63, 3.8) is 0 Å². The lowest BCUT2D eigenvalue weighted by atomic mass is 10.0. The molecule has 0 aliphatic heterocycles. The third kappa shape index (κ3) is 15.8. The summed E-state index contributed by atoms with van der Waals surface area (Å²) in [5.41, 5.74) is 4.36. The van der Waals surface area contributed by atoms with Crippen LogP contribution < -0.4 is 29.1 Å². The van der Waals surface area contributed by atoms with Gasteiger partial charge in [-0.2, -0.15) is 5.10 Å². The highest BCUT2D eigenvalue weighted by molar-refractivity contribution is 6.13. The van der Waals surface area contributed by atoms with Crippen LogP contribution in [0.1, 0.15) is 84.6 Å². The van der Waals surface area contributed by atoms with Crippen LogP contribution in [0, 0.1) is 0 Å². The minimum Gasteiger partial charge on any atom is -0.494 e. The monoisotopic (exact) mass is 960 g/mol. The van der Waals surface area contributed by atoms with Gasteiger partial charge in [0.2, 0.25) is 0 Å². The third-order valence-corrected chi connectivity index (χ3v) is 10.8. The van der Waals surface area contributed by atoms with Crippen LogP contribution in [0.2, 0.25) is 0 Å². The second kappa shape index (κ2) is 26.9. The van der Waals surface area contributed by atoms with E-state index < -0.39 is 29.8 Å². The van der Waals surface area contributed by atoms with Gasteiger partial charge in [0.05, 0.1) is 49.5 Å². The van der Waals surface area contributed by atoms with Gasteiger partial charge in [0, 0.05) is 34.7 Å². The Morgan fingerprint density at radius 1 is 0.549 bits per heavy atom. The highest BCUT2D eigenvalue weighted by Crippen LogP contribution is 2.38. The minimum absolute atomic E-state index is 0.0471. The van der Waals surface area contributed by atoms with Gasteiger partial charge in [-0.05, 0) is 135 Å². The topological polar surface area (TPSA) is 174 Å². The van der Waals surface area contributed by atoms with Crippen LogP contribution in [0.4, 0.5) is 5.69 Å². The summed E-state index contributed by atoms with van der Waals surface area (Å²) >= 11 is 0. The molecule has 0 saturated carbocycles. The van der Waals surface area contributed by atoms with Gasteiger partial charge in [0.1, 0.15) is 17.2 Å². The fraction of sp³-hybridized carbons (Fsp3) is 0.228. The van der Waals surface area contributed by atoms with Crippen LogP contribution in [0.15, 0.2) is 158 Å². The van der Waals surface area contributed by atoms with E-state index in [9.17, 15) is 24.0 Å². The van der Waals surface area contributed by atoms with E-state index in [0.717, 1.165) is 85.1 Å². The van der Waals surface area contributed by atoms with Crippen molar-refractivity contribution < 1.29 is 57.1 Å². The Morgan fingerprint density at radius 3 is 1.61 bits per heavy atom. The first-order valence-electron chi connectivity index (χ1n) is 23.3. The summed E-state index contributed by atoms with van der Waals surface area (Å²) in [6, 6.07) is 33.4. The molecule has 1 N–H and O–H groups in total. The maximum Gasteiger partial charge on any atom is 0.343 e. The highest BCUT2D eigenvalue weighted by atomic mass is 16.6. The van der Waals surface area contributed by atoms with Crippen LogP contribution in [0.5, 0.6) is 28.7 Å². The van der Waals surface area contributed by atoms with Crippen LogP contribution >= 0.6 is 0 Å². The van der Waals surface area contributed by atoms with E-state index in [2.05, 4.69) is 30.3 Å². The number of ether oxygens (including phenoxy) is 7. The largest absolute Gasteiger partial charge is 0.494 e. The molecule has 14 nitrogen and oxygen atoms in total. The van der Waals surface area contributed by atoms with Crippen molar-refractivity contribution >= 4 is 63.3 Å². The molecule has 0 aromatic heterocycles. The number of carbonyl (C=O) groups excluding carboxylic acids is 5. The van der Waals surface area contributed by atoms with Gasteiger partial charge in [-0.1, -0.05) is 68.3 Å². The normalized spacial score (nSPS) is 10.8. The standard InChI is InChI=1S/C57H56N2O12/c1-5-52(60)67-33-17-9-7-15-31-65-44-27-23-40(24-28-44)56(63)69-46-35-43(38-58-59-50-36-42-19-11-12-20-47(42)48-21-13-14-22-49(48)50)54(51(37-46)70-55(62)39(3)4)71-57(64)41-25-29-45(30-26-41)66-32-16-8-10-18-34-68-53(61)6-2/h5-6,11-14,19-30,35-38,59H,1-3,7-10,15-18,31-34H2,4H3/b58-38+. The van der Waals surface area contributed by atoms with E-state index >= 15 is 0 Å². The SMILES string of the molecule is C=CC(=O)OCCCCCCOc1ccc(C(=O)Oc2cc(/C=N/Nc3cc4ccccc4c4ccccc34)c(OC(=O)c3ccc(OCCCCCCOC(=O)C=C)cc3)c(OC(=O)C(=C)C)c2)cc1. The Hall–Kier alpha value is -8.52. The first-order valence-corrected chi connectivity index (χ1v) is 23.3. The Bertz CT molecular complexity index is 2890. The van der Waals surface area contributed by atoms with Crippen molar-refractivity contribution in [1.82, 2.24) is 0 Å². The number of anilines is 1. The maximum absolute atomic E-state index is 13.9. The molecule has 0 amide bonds. The number of carbonyl (C=O) groups is 5. The predicted molar refractivity (Wildman–Crippen MR) is 273 cm³/mol. The van der Waals surface area contributed by atoms with E-state index in [4.69, 9.17) is 33.2 Å². The van der Waals surface area contributed by atoms with Crippen molar-refractivity contribution in [2.24, 2.45) is 5.10 Å². The summed E-state index contributed by atoms with van der Waals surface area (Å²) < 4.78 is 39.3. The van der Waals surface area contributed by atoms with E-state index in [1.54, 1.807) is 48.5 Å². The number of benzene rings is 6. The second-order valence-corrected chi connectivity index (χ2v) is 16.2. The fourth-order valence-electron chi connectivity index (χ4n) is 7.09. The number of hydrogen-bond donors (Lipinski definition) is 1. The van der Waals surface area contributed by atoms with Gasteiger partial charge in [0.25, 0.3) is 0 Å². The summed E-state index contributed by atoms with van der Waals surface area (Å²) in [7, 11) is 0. The fourth-order valence-corrected chi connectivity index (χ4v) is 7.09. The average molecular weight is 961 g/mol. The van der Waals surface area contributed by atoms with Gasteiger partial charge in [-0.15, -0.1) is 0 Å². The first-order chi connectivity index (χ1) is 34.5. The van der Waals surface area contributed by atoms with Crippen molar-refractivity contribution in [2.75, 3.05) is 31.9 Å². The van der Waals surface area contributed by atoms with Crippen molar-refractivity contribution in [1.29, 1.82) is 0 Å². The number of nitrogens with zero attached hydrogens (tertiary/aromatic N) is 1. The molecule has 14 heteroatoms. The van der Waals surface area contributed by atoms with Crippen LogP contribution in [-0.4, -0.2) is 62.5 Å². The molecule has 0 radical (unpaired) electrons. The zero-order valence-corrected chi connectivity index (χ0v) is 39.7. The zero-order chi connectivity index (χ0) is 50.4. The first kappa shape index (κ1) is 51.9. The van der Waals surface area contributed by atoms with Crippen LogP contribution in [-0.2, 0) is 23.9 Å². The Balaban J connectivity index is 1.20. The Kier molecular flexibility index (Phi) is 19.6. The minimum atomic E-state index is -0.823. The smallest absolute Gasteiger partial charge is 0.343 e. The molecule has 0 heterocycles. The quantitative estimate of drug-likeness (QED) is 0.00983. The number of rotatable bonds is 27. The van der Waals surface area contributed by atoms with Gasteiger partial charge >= 0.3 is 29.8 Å². The molecule has 0 spiro atoms. The van der Waals surface area contributed by atoms with Crippen LogP contribution in [0.3, 0.4) is 0 Å². The molecule has 366 valence electrons. The van der Waals surface area contributed by atoms with Gasteiger partial charge < -0.3 is 33.2 Å². The summed E-state index contributed by atoms with van der Waals surface area (Å²) in [5.74, 6) is -2.59. The summed E-state index contributed by atoms with van der Waals surface area (Å²) in [5, 5.41) is 8.51. The van der Waals surface area contributed by atoms with Gasteiger partial charge in [-0.3, -0.25) is 5.43 Å². The molecule has 0 bridgehead atoms. The number of esters is 5. The Morgan fingerprint density at radius 2 is 1.06 bits per heavy atom. The van der Waals surface area contributed by atoms with E-state index in [-0.39, 0.29) is 39.5 Å². The molecular formula is C57H56N2O12. The molecule has 0 atom stereocenters. The number of nitrogens with one attached hydrogen (secondary N) is 1. The molecule has 0 fully saturated rings. The third-order valence-electron chi connectivity index (χ3n) is 10.8. The van der Waals surface area contributed by atoms with E-state index in [1.807, 2.05) is 54.6 Å². The zero-order valence-electron chi connectivity index (χ0n) is 39.7. The predicted octanol–water partition coefficient (Wildman–Crippen LogP) is 11.7. The molecule has 6 aromatic rings. The number of hydrazone groups is 1. The lowest BCUT2D eigenvalue weighted by Gasteiger charge is -2.16. The molecule has 6 rings (SSSR count).